The predicted molar refractivity (Wildman–Crippen MR) is 49.6 cm³/mol. The van der Waals surface area contributed by atoms with Crippen LogP contribution in [0.5, 0.6) is 0 Å². The maximum atomic E-state index is 12.6. The monoisotopic (exact) mass is 205 g/mol. The van der Waals surface area contributed by atoms with Gasteiger partial charge in [-0.3, -0.25) is 4.79 Å². The molecule has 0 aliphatic rings. The quantitative estimate of drug-likeness (QED) is 0.692. The van der Waals surface area contributed by atoms with Crippen LogP contribution in [0.4, 0.5) is 10.1 Å². The first-order valence-corrected chi connectivity index (χ1v) is 3.74. The molecule has 1 aromatic carbocycles. The fourth-order valence-corrected chi connectivity index (χ4v) is 0.769. The van der Waals surface area contributed by atoms with Crippen molar-refractivity contribution < 1.29 is 14.3 Å². The Hall–Kier alpha value is -1.29. The van der Waals surface area contributed by atoms with Gasteiger partial charge < -0.3 is 10.4 Å². The number of nitrogens with one attached hydrogen (secondary N) is 1. The molecule has 2 N–H and O–H groups in total. The van der Waals surface area contributed by atoms with Gasteiger partial charge in [0.25, 0.3) is 6.47 Å². The zero-order chi connectivity index (χ0) is 10.3. The first-order chi connectivity index (χ1) is 6.15. The molecule has 0 unspecified atom stereocenters. The first kappa shape index (κ1) is 11.7. The summed E-state index contributed by atoms with van der Waals surface area (Å²) in [6.07, 6.45) is 0. The lowest BCUT2D eigenvalue weighted by Gasteiger charge is -1.99. The third-order valence-electron chi connectivity index (χ3n) is 1.21. The summed E-state index contributed by atoms with van der Waals surface area (Å²) in [4.78, 5) is 8.36. The minimum Gasteiger partial charge on any atom is -0.483 e. The lowest BCUT2D eigenvalue weighted by atomic mass is 10.3. The van der Waals surface area contributed by atoms with Crippen LogP contribution in [0.3, 0.4) is 0 Å². The first-order valence-electron chi connectivity index (χ1n) is 3.36. The summed E-state index contributed by atoms with van der Waals surface area (Å²) in [6.45, 7) is -0.250. The number of rotatable bonds is 1. The number of carboxylic acid groups (broad SMARTS) is 1. The second kappa shape index (κ2) is 6.25. The van der Waals surface area contributed by atoms with Gasteiger partial charge in [-0.15, -0.1) is 0 Å². The van der Waals surface area contributed by atoms with Crippen molar-refractivity contribution in [3.05, 3.63) is 29.0 Å². The molecule has 1 aromatic rings. The second-order valence-electron chi connectivity index (χ2n) is 1.98. The smallest absolute Gasteiger partial charge is 0.290 e. The van der Waals surface area contributed by atoms with E-state index in [9.17, 15) is 4.39 Å². The fourth-order valence-electron chi connectivity index (χ4n) is 0.652. The molecule has 0 saturated carbocycles. The highest BCUT2D eigenvalue weighted by Gasteiger charge is 1.97. The van der Waals surface area contributed by atoms with Crippen LogP contribution in [0.25, 0.3) is 0 Å². The molecule has 1 rings (SSSR count). The molecule has 0 bridgehead atoms. The van der Waals surface area contributed by atoms with Crippen molar-refractivity contribution >= 4 is 23.8 Å². The predicted octanol–water partition coefficient (Wildman–Crippen LogP) is 2.22. The molecule has 0 spiro atoms. The van der Waals surface area contributed by atoms with E-state index < -0.39 is 5.82 Å². The van der Waals surface area contributed by atoms with Crippen molar-refractivity contribution in [1.82, 2.24) is 0 Å². The number of benzene rings is 1. The second-order valence-corrected chi connectivity index (χ2v) is 2.39. The van der Waals surface area contributed by atoms with Gasteiger partial charge in [0.15, 0.2) is 0 Å². The van der Waals surface area contributed by atoms with Gasteiger partial charge in [-0.25, -0.2) is 4.39 Å². The molecule has 0 saturated heterocycles. The molecule has 72 valence electrons. The van der Waals surface area contributed by atoms with Crippen LogP contribution in [0.1, 0.15) is 0 Å². The molecule has 0 heterocycles. The van der Waals surface area contributed by atoms with Gasteiger partial charge in [-0.05, 0) is 18.2 Å². The third-order valence-corrected chi connectivity index (χ3v) is 1.51. The van der Waals surface area contributed by atoms with E-state index >= 15 is 0 Å². The van der Waals surface area contributed by atoms with Gasteiger partial charge in [-0.2, -0.15) is 0 Å². The van der Waals surface area contributed by atoms with Gasteiger partial charge in [-0.1, -0.05) is 11.6 Å². The van der Waals surface area contributed by atoms with E-state index in [2.05, 4.69) is 5.32 Å². The maximum Gasteiger partial charge on any atom is 0.290 e. The molecule has 0 fully saturated rings. The number of halogens is 2. The fraction of sp³-hybridized carbons (Fsp3) is 0.125. The zero-order valence-electron chi connectivity index (χ0n) is 6.92. The molecule has 0 radical (unpaired) electrons. The summed E-state index contributed by atoms with van der Waals surface area (Å²) < 4.78 is 12.6. The summed E-state index contributed by atoms with van der Waals surface area (Å²) >= 11 is 5.43. The summed E-state index contributed by atoms with van der Waals surface area (Å²) in [5.41, 5.74) is 0.724. The Kier molecular flexibility index (Phi) is 5.63. The van der Waals surface area contributed by atoms with Crippen molar-refractivity contribution in [2.24, 2.45) is 0 Å². The lowest BCUT2D eigenvalue weighted by molar-refractivity contribution is -0.122. The Morgan fingerprint density at radius 1 is 1.62 bits per heavy atom. The van der Waals surface area contributed by atoms with Gasteiger partial charge in [0.1, 0.15) is 5.82 Å². The van der Waals surface area contributed by atoms with Gasteiger partial charge in [0.05, 0.1) is 5.02 Å². The molecule has 5 heteroatoms. The molecule has 0 aliphatic carbocycles. The van der Waals surface area contributed by atoms with E-state index in [1.165, 1.54) is 12.1 Å². The highest BCUT2D eigenvalue weighted by Crippen LogP contribution is 2.17. The van der Waals surface area contributed by atoms with Crippen LogP contribution in [-0.4, -0.2) is 18.6 Å². The largest absolute Gasteiger partial charge is 0.483 e. The molecule has 0 aromatic heterocycles. The lowest BCUT2D eigenvalue weighted by Crippen LogP contribution is -1.88. The van der Waals surface area contributed by atoms with E-state index in [0.717, 1.165) is 5.69 Å². The minimum absolute atomic E-state index is 0.152. The summed E-state index contributed by atoms with van der Waals surface area (Å²) in [5.74, 6) is -0.395. The summed E-state index contributed by atoms with van der Waals surface area (Å²) in [7, 11) is 1.72. The maximum absolute atomic E-state index is 12.6. The van der Waals surface area contributed by atoms with Crippen molar-refractivity contribution in [3.63, 3.8) is 0 Å². The van der Waals surface area contributed by atoms with E-state index in [4.69, 9.17) is 21.5 Å². The number of carbonyl (C=O) groups is 1. The topological polar surface area (TPSA) is 49.3 Å². The summed E-state index contributed by atoms with van der Waals surface area (Å²) in [6, 6.07) is 4.58. The molecular weight excluding hydrogens is 197 g/mol. The van der Waals surface area contributed by atoms with Crippen LogP contribution in [0.2, 0.25) is 5.02 Å². The van der Waals surface area contributed by atoms with E-state index in [1.807, 2.05) is 0 Å². The average molecular weight is 206 g/mol. The molecular formula is C8H9ClFNO2. The Morgan fingerprint density at radius 3 is 2.54 bits per heavy atom. The summed E-state index contributed by atoms with van der Waals surface area (Å²) in [5, 5.41) is 9.84. The van der Waals surface area contributed by atoms with Crippen LogP contribution >= 0.6 is 11.6 Å². The highest BCUT2D eigenvalue weighted by atomic mass is 35.5. The van der Waals surface area contributed by atoms with Gasteiger partial charge in [0.2, 0.25) is 0 Å². The van der Waals surface area contributed by atoms with Crippen LogP contribution in [-0.2, 0) is 4.79 Å². The molecule has 0 amide bonds. The Balaban J connectivity index is 0.000000424. The number of hydrogen-bond acceptors (Lipinski definition) is 2. The van der Waals surface area contributed by atoms with E-state index in [0.29, 0.717) is 0 Å². The van der Waals surface area contributed by atoms with Crippen LogP contribution < -0.4 is 5.32 Å². The van der Waals surface area contributed by atoms with E-state index in [-0.39, 0.29) is 11.5 Å². The number of anilines is 1. The van der Waals surface area contributed by atoms with Crippen molar-refractivity contribution in [1.29, 1.82) is 0 Å². The Morgan fingerprint density at radius 2 is 2.15 bits per heavy atom. The third kappa shape index (κ3) is 4.32. The van der Waals surface area contributed by atoms with Crippen LogP contribution in [0.15, 0.2) is 18.2 Å². The molecule has 3 nitrogen and oxygen atoms in total. The molecule has 13 heavy (non-hydrogen) atoms. The van der Waals surface area contributed by atoms with Crippen molar-refractivity contribution in [3.8, 4) is 0 Å². The highest BCUT2D eigenvalue weighted by molar-refractivity contribution is 6.30. The molecule has 0 aliphatic heterocycles. The normalized spacial score (nSPS) is 8.23. The zero-order valence-corrected chi connectivity index (χ0v) is 7.68. The van der Waals surface area contributed by atoms with E-state index in [1.54, 1.807) is 13.1 Å². The minimum atomic E-state index is -0.395. The van der Waals surface area contributed by atoms with Gasteiger partial charge in [0, 0.05) is 12.7 Å². The van der Waals surface area contributed by atoms with Crippen molar-refractivity contribution in [2.75, 3.05) is 12.4 Å². The van der Waals surface area contributed by atoms with Gasteiger partial charge >= 0.3 is 0 Å². The Labute approximate surface area is 80.1 Å². The Bertz CT molecular complexity index is 281. The standard InChI is InChI=1S/C7H7ClFN.CH2O2/c1-10-5-2-3-6(8)7(9)4-5;2-1-3/h2-4,10H,1H3;1H,(H,2,3). The SMILES string of the molecule is CNc1ccc(Cl)c(F)c1.O=CO. The van der Waals surface area contributed by atoms with Crippen LogP contribution in [0, 0.1) is 5.82 Å². The average Bonchev–Trinajstić information content (AvgIpc) is 2.11. The molecule has 0 atom stereocenters. The van der Waals surface area contributed by atoms with Crippen molar-refractivity contribution in [2.45, 2.75) is 0 Å². The number of hydrogen-bond donors (Lipinski definition) is 2.